The van der Waals surface area contributed by atoms with E-state index in [9.17, 15) is 14.7 Å². The number of amides is 1. The molecule has 7 heteroatoms. The number of Topliss-reactive ketones (excluding diaryl/α,β-unsaturated/α-hetero) is 1. The topological polar surface area (TPSA) is 79.3 Å². The van der Waals surface area contributed by atoms with Crippen LogP contribution >= 0.6 is 0 Å². The first-order valence-corrected chi connectivity index (χ1v) is 11.7. The molecule has 34 heavy (non-hydrogen) atoms. The van der Waals surface area contributed by atoms with Crippen molar-refractivity contribution in [3.05, 3.63) is 65.2 Å². The lowest BCUT2D eigenvalue weighted by molar-refractivity contribution is -0.140. The number of aliphatic hydroxyl groups is 1. The number of ether oxygens (including phenoxy) is 2. The standard InChI is InChI=1S/C27H34N2O5/c1-6-28(7-2)16-17-29-24(19-8-14-22(15-9-19)34-18(3)4)23(26(31)27(29)32)25(30)20-10-12-21(33-5)13-11-20/h8-15,18,24,30H,6-7,16-17H2,1-5H3/t24-/m0/s1. The minimum absolute atomic E-state index is 0.0284. The maximum Gasteiger partial charge on any atom is 0.295 e. The molecule has 1 aliphatic rings. The maximum atomic E-state index is 13.2. The van der Waals surface area contributed by atoms with Crippen LogP contribution in [0.15, 0.2) is 54.1 Å². The first kappa shape index (κ1) is 25.3. The number of methoxy groups -OCH3 is 1. The van der Waals surface area contributed by atoms with Crippen molar-refractivity contribution in [1.29, 1.82) is 0 Å². The Morgan fingerprint density at radius 1 is 1.00 bits per heavy atom. The summed E-state index contributed by atoms with van der Waals surface area (Å²) in [7, 11) is 1.56. The van der Waals surface area contributed by atoms with Crippen molar-refractivity contribution >= 4 is 17.4 Å². The maximum absolute atomic E-state index is 13.2. The third-order valence-electron chi connectivity index (χ3n) is 6.02. The van der Waals surface area contributed by atoms with Crippen molar-refractivity contribution in [2.45, 2.75) is 39.8 Å². The number of ketones is 1. The second kappa shape index (κ2) is 11.2. The summed E-state index contributed by atoms with van der Waals surface area (Å²) in [6.45, 7) is 10.7. The molecule has 2 aromatic rings. The molecule has 0 aliphatic carbocycles. The molecule has 7 nitrogen and oxygen atoms in total. The predicted molar refractivity (Wildman–Crippen MR) is 132 cm³/mol. The number of nitrogens with zero attached hydrogens (tertiary/aromatic N) is 2. The largest absolute Gasteiger partial charge is 0.507 e. The number of hydrogen-bond donors (Lipinski definition) is 1. The Morgan fingerprint density at radius 3 is 2.12 bits per heavy atom. The number of benzene rings is 2. The molecule has 1 saturated heterocycles. The van der Waals surface area contributed by atoms with Gasteiger partial charge in [-0.2, -0.15) is 0 Å². The summed E-state index contributed by atoms with van der Waals surface area (Å²) in [5, 5.41) is 11.2. The average Bonchev–Trinajstić information content (AvgIpc) is 3.09. The van der Waals surface area contributed by atoms with Crippen LogP contribution in [0.1, 0.15) is 44.9 Å². The summed E-state index contributed by atoms with van der Waals surface area (Å²) in [4.78, 5) is 30.0. The fourth-order valence-electron chi connectivity index (χ4n) is 4.15. The molecule has 1 heterocycles. The van der Waals surface area contributed by atoms with Crippen LogP contribution in [0.4, 0.5) is 0 Å². The molecule has 0 spiro atoms. The molecule has 1 amide bonds. The van der Waals surface area contributed by atoms with E-state index in [0.717, 1.165) is 18.7 Å². The second-order valence-electron chi connectivity index (χ2n) is 8.48. The normalized spacial score (nSPS) is 17.6. The molecule has 0 saturated carbocycles. The van der Waals surface area contributed by atoms with Gasteiger partial charge in [-0.3, -0.25) is 9.59 Å². The van der Waals surface area contributed by atoms with Crippen LogP contribution in [0, 0.1) is 0 Å². The van der Waals surface area contributed by atoms with Crippen LogP contribution in [0.2, 0.25) is 0 Å². The van der Waals surface area contributed by atoms with Crippen molar-refractivity contribution in [1.82, 2.24) is 9.80 Å². The predicted octanol–water partition coefficient (Wildman–Crippen LogP) is 4.25. The molecular weight excluding hydrogens is 432 g/mol. The molecule has 1 N–H and O–H groups in total. The molecule has 0 bridgehead atoms. The van der Waals surface area contributed by atoms with Crippen LogP contribution in [0.3, 0.4) is 0 Å². The lowest BCUT2D eigenvalue weighted by Crippen LogP contribution is -2.38. The van der Waals surface area contributed by atoms with Crippen LogP contribution < -0.4 is 9.47 Å². The van der Waals surface area contributed by atoms with Crippen molar-refractivity contribution in [2.75, 3.05) is 33.3 Å². The van der Waals surface area contributed by atoms with Gasteiger partial charge >= 0.3 is 0 Å². The van der Waals surface area contributed by atoms with E-state index in [0.29, 0.717) is 30.2 Å². The van der Waals surface area contributed by atoms with E-state index in [-0.39, 0.29) is 17.4 Å². The zero-order valence-corrected chi connectivity index (χ0v) is 20.6. The van der Waals surface area contributed by atoms with E-state index in [1.807, 2.05) is 38.1 Å². The van der Waals surface area contributed by atoms with Crippen molar-refractivity contribution in [2.24, 2.45) is 0 Å². The minimum atomic E-state index is -0.689. The number of likely N-dealkylation sites (N-methyl/N-ethyl adjacent to an activating group) is 1. The van der Waals surface area contributed by atoms with Gasteiger partial charge in [-0.1, -0.05) is 26.0 Å². The van der Waals surface area contributed by atoms with E-state index in [4.69, 9.17) is 9.47 Å². The van der Waals surface area contributed by atoms with Gasteiger partial charge in [0.2, 0.25) is 0 Å². The first-order valence-electron chi connectivity index (χ1n) is 11.7. The van der Waals surface area contributed by atoms with Crippen molar-refractivity contribution in [3.8, 4) is 11.5 Å². The lowest BCUT2D eigenvalue weighted by atomic mass is 9.95. The average molecular weight is 467 g/mol. The highest BCUT2D eigenvalue weighted by Crippen LogP contribution is 2.40. The van der Waals surface area contributed by atoms with Crippen molar-refractivity contribution < 1.29 is 24.2 Å². The summed E-state index contributed by atoms with van der Waals surface area (Å²) in [6.07, 6.45) is 0.0284. The number of carbonyl (C=O) groups is 2. The zero-order valence-electron chi connectivity index (χ0n) is 20.6. The SMILES string of the molecule is CCN(CC)CCN1C(=O)C(=O)C(=C(O)c2ccc(OC)cc2)[C@@H]1c1ccc(OC(C)C)cc1. The highest BCUT2D eigenvalue weighted by Gasteiger charge is 2.46. The third-order valence-corrected chi connectivity index (χ3v) is 6.02. The molecule has 1 aliphatic heterocycles. The van der Waals surface area contributed by atoms with Gasteiger partial charge in [-0.05, 0) is 68.9 Å². The van der Waals surface area contributed by atoms with E-state index in [2.05, 4.69) is 18.7 Å². The minimum Gasteiger partial charge on any atom is -0.507 e. The van der Waals surface area contributed by atoms with Gasteiger partial charge in [0, 0.05) is 18.7 Å². The summed E-state index contributed by atoms with van der Waals surface area (Å²) in [5.74, 6) is -0.142. The second-order valence-corrected chi connectivity index (χ2v) is 8.48. The Kier molecular flexibility index (Phi) is 8.34. The molecule has 0 unspecified atom stereocenters. The van der Waals surface area contributed by atoms with Gasteiger partial charge in [0.15, 0.2) is 0 Å². The Hall–Kier alpha value is -3.32. The lowest BCUT2D eigenvalue weighted by Gasteiger charge is -2.28. The Balaban J connectivity index is 2.06. The number of rotatable bonds is 10. The first-order chi connectivity index (χ1) is 16.3. The van der Waals surface area contributed by atoms with Gasteiger partial charge in [0.25, 0.3) is 11.7 Å². The van der Waals surface area contributed by atoms with Gasteiger partial charge in [-0.15, -0.1) is 0 Å². The molecule has 0 radical (unpaired) electrons. The van der Waals surface area contributed by atoms with Crippen LogP contribution in [0.5, 0.6) is 11.5 Å². The quantitative estimate of drug-likeness (QED) is 0.320. The number of aliphatic hydroxyl groups excluding tert-OH is 1. The van der Waals surface area contributed by atoms with Gasteiger partial charge in [0.1, 0.15) is 17.3 Å². The number of carbonyl (C=O) groups excluding carboxylic acids is 2. The Morgan fingerprint density at radius 2 is 1.59 bits per heavy atom. The van der Waals surface area contributed by atoms with Crippen LogP contribution in [0.25, 0.3) is 5.76 Å². The summed E-state index contributed by atoms with van der Waals surface area (Å²) >= 11 is 0. The van der Waals surface area contributed by atoms with Crippen molar-refractivity contribution in [3.63, 3.8) is 0 Å². The third kappa shape index (κ3) is 5.42. The highest BCUT2D eigenvalue weighted by molar-refractivity contribution is 6.46. The highest BCUT2D eigenvalue weighted by atomic mass is 16.5. The van der Waals surface area contributed by atoms with Crippen LogP contribution in [-0.4, -0.2) is 66.0 Å². The molecule has 182 valence electrons. The number of likely N-dealkylation sites (tertiary alicyclic amines) is 1. The fraction of sp³-hybridized carbons (Fsp3) is 0.407. The Bertz CT molecular complexity index is 1020. The Labute approximate surface area is 201 Å². The van der Waals surface area contributed by atoms with E-state index in [1.54, 1.807) is 36.3 Å². The van der Waals surface area contributed by atoms with Crippen LogP contribution in [-0.2, 0) is 9.59 Å². The van der Waals surface area contributed by atoms with E-state index >= 15 is 0 Å². The number of hydrogen-bond acceptors (Lipinski definition) is 6. The summed E-state index contributed by atoms with van der Waals surface area (Å²) in [5.41, 5.74) is 1.28. The van der Waals surface area contributed by atoms with Gasteiger partial charge in [0.05, 0.1) is 24.8 Å². The van der Waals surface area contributed by atoms with Gasteiger partial charge < -0.3 is 24.4 Å². The molecular formula is C27H34N2O5. The van der Waals surface area contributed by atoms with E-state index in [1.165, 1.54) is 0 Å². The smallest absolute Gasteiger partial charge is 0.295 e. The molecule has 0 aromatic heterocycles. The molecule has 1 atom stereocenters. The summed E-state index contributed by atoms with van der Waals surface area (Å²) in [6, 6.07) is 13.4. The molecule has 2 aromatic carbocycles. The monoisotopic (exact) mass is 466 g/mol. The molecule has 3 rings (SSSR count). The van der Waals surface area contributed by atoms with E-state index < -0.39 is 17.7 Å². The fourth-order valence-corrected chi connectivity index (χ4v) is 4.15. The summed E-state index contributed by atoms with van der Waals surface area (Å²) < 4.78 is 10.9. The molecule has 1 fully saturated rings. The zero-order chi connectivity index (χ0) is 24.8. The van der Waals surface area contributed by atoms with Gasteiger partial charge in [-0.25, -0.2) is 0 Å².